The Bertz CT molecular complexity index is 681. The maximum atomic E-state index is 2.26. The third-order valence-electron chi connectivity index (χ3n) is 4.20. The van der Waals surface area contributed by atoms with E-state index in [-0.39, 0.29) is 0 Å². The van der Waals surface area contributed by atoms with Crippen molar-refractivity contribution >= 4 is 0 Å². The molecule has 3 rings (SSSR count). The van der Waals surface area contributed by atoms with E-state index in [9.17, 15) is 0 Å². The average molecular weight is 286 g/mol. The molecule has 0 saturated carbocycles. The second kappa shape index (κ2) is 7.09. The molecule has 0 fully saturated rings. The molecule has 0 N–H and O–H groups in total. The van der Waals surface area contributed by atoms with Gasteiger partial charge in [-0.3, -0.25) is 0 Å². The van der Waals surface area contributed by atoms with Crippen LogP contribution in [-0.2, 0) is 12.8 Å². The first-order chi connectivity index (χ1) is 10.8. The molecule has 22 heavy (non-hydrogen) atoms. The molecular formula is C22H22. The summed E-state index contributed by atoms with van der Waals surface area (Å²) < 4.78 is 0. The highest BCUT2D eigenvalue weighted by atomic mass is 14.2. The lowest BCUT2D eigenvalue weighted by Gasteiger charge is -2.18. The number of aryl methyl sites for hydroxylation is 1. The normalized spacial score (nSPS) is 12.0. The van der Waals surface area contributed by atoms with Crippen molar-refractivity contribution in [3.63, 3.8) is 0 Å². The van der Waals surface area contributed by atoms with Gasteiger partial charge in [-0.05, 0) is 42.4 Å². The highest BCUT2D eigenvalue weighted by molar-refractivity contribution is 5.29. The fraction of sp³-hybridized carbons (Fsp3) is 0.182. The van der Waals surface area contributed by atoms with Crippen molar-refractivity contribution in [2.24, 2.45) is 0 Å². The molecule has 0 aliphatic heterocycles. The predicted molar refractivity (Wildman–Crippen MR) is 94.2 cm³/mol. The molecule has 0 aliphatic carbocycles. The summed E-state index contributed by atoms with van der Waals surface area (Å²) in [6, 6.07) is 30.6. The van der Waals surface area contributed by atoms with Crippen molar-refractivity contribution in [3.05, 3.63) is 107 Å². The van der Waals surface area contributed by atoms with E-state index in [1.165, 1.54) is 22.3 Å². The zero-order chi connectivity index (χ0) is 15.2. The summed E-state index contributed by atoms with van der Waals surface area (Å²) in [5, 5.41) is 0. The van der Waals surface area contributed by atoms with Crippen LogP contribution in [0.1, 0.15) is 28.2 Å². The Kier molecular flexibility index (Phi) is 4.70. The molecule has 0 aliphatic rings. The summed E-state index contributed by atoms with van der Waals surface area (Å²) in [4.78, 5) is 0. The van der Waals surface area contributed by atoms with E-state index in [0.29, 0.717) is 5.92 Å². The van der Waals surface area contributed by atoms with E-state index in [1.807, 2.05) is 0 Å². The first kappa shape index (κ1) is 14.6. The van der Waals surface area contributed by atoms with Crippen LogP contribution in [0.2, 0.25) is 0 Å². The molecule has 0 aromatic heterocycles. The first-order valence-electron chi connectivity index (χ1n) is 7.96. The van der Waals surface area contributed by atoms with Gasteiger partial charge in [0.15, 0.2) is 0 Å². The third-order valence-corrected chi connectivity index (χ3v) is 4.20. The molecule has 0 spiro atoms. The first-order valence-corrected chi connectivity index (χ1v) is 7.96. The largest absolute Gasteiger partial charge is 0.0622 e. The molecule has 0 amide bonds. The summed E-state index contributed by atoms with van der Waals surface area (Å²) in [6.45, 7) is 2.14. The summed E-state index contributed by atoms with van der Waals surface area (Å²) in [6.07, 6.45) is 2.16. The maximum absolute atomic E-state index is 2.26. The molecule has 0 heteroatoms. The second-order valence-corrected chi connectivity index (χ2v) is 5.99. The van der Waals surface area contributed by atoms with Gasteiger partial charge in [0.25, 0.3) is 0 Å². The van der Waals surface area contributed by atoms with Crippen LogP contribution in [-0.4, -0.2) is 0 Å². The fourth-order valence-electron chi connectivity index (χ4n) is 2.94. The predicted octanol–water partition coefficient (Wildman–Crippen LogP) is 5.56. The topological polar surface area (TPSA) is 0 Å². The summed E-state index contributed by atoms with van der Waals surface area (Å²) >= 11 is 0. The Morgan fingerprint density at radius 2 is 1.09 bits per heavy atom. The minimum absolute atomic E-state index is 0.520. The molecule has 1 unspecified atom stereocenters. The number of hydrogen-bond acceptors (Lipinski definition) is 0. The number of rotatable bonds is 5. The standard InChI is InChI=1S/C22H22/c1-18-12-14-20(15-13-18)17-22(21-10-6-3-7-11-21)16-19-8-4-2-5-9-19/h2-15,22H,16-17H2,1H3. The molecule has 3 aromatic rings. The molecule has 3 aromatic carbocycles. The highest BCUT2D eigenvalue weighted by Crippen LogP contribution is 2.25. The van der Waals surface area contributed by atoms with Gasteiger partial charge in [0.2, 0.25) is 0 Å². The van der Waals surface area contributed by atoms with Gasteiger partial charge in [-0.1, -0.05) is 90.5 Å². The third kappa shape index (κ3) is 3.85. The lowest BCUT2D eigenvalue weighted by Crippen LogP contribution is -2.07. The van der Waals surface area contributed by atoms with E-state index in [0.717, 1.165) is 12.8 Å². The molecule has 0 heterocycles. The molecule has 0 bridgehead atoms. The van der Waals surface area contributed by atoms with Crippen LogP contribution in [0.5, 0.6) is 0 Å². The summed E-state index contributed by atoms with van der Waals surface area (Å²) in [5.74, 6) is 0.520. The van der Waals surface area contributed by atoms with Gasteiger partial charge in [-0.25, -0.2) is 0 Å². The van der Waals surface area contributed by atoms with E-state index in [4.69, 9.17) is 0 Å². The number of benzene rings is 3. The van der Waals surface area contributed by atoms with Gasteiger partial charge in [0.05, 0.1) is 0 Å². The minimum atomic E-state index is 0.520. The van der Waals surface area contributed by atoms with Crippen molar-refractivity contribution in [1.82, 2.24) is 0 Å². The van der Waals surface area contributed by atoms with Crippen LogP contribution in [0, 0.1) is 6.92 Å². The Morgan fingerprint density at radius 3 is 1.68 bits per heavy atom. The van der Waals surface area contributed by atoms with Crippen LogP contribution < -0.4 is 0 Å². The highest BCUT2D eigenvalue weighted by Gasteiger charge is 2.13. The average Bonchev–Trinajstić information content (AvgIpc) is 2.58. The fourth-order valence-corrected chi connectivity index (χ4v) is 2.94. The lowest BCUT2D eigenvalue weighted by atomic mass is 9.86. The van der Waals surface area contributed by atoms with Crippen LogP contribution in [0.25, 0.3) is 0 Å². The summed E-state index contributed by atoms with van der Waals surface area (Å²) in [7, 11) is 0. The van der Waals surface area contributed by atoms with Crippen molar-refractivity contribution < 1.29 is 0 Å². The van der Waals surface area contributed by atoms with Crippen LogP contribution in [0.3, 0.4) is 0 Å². The summed E-state index contributed by atoms with van der Waals surface area (Å²) in [5.41, 5.74) is 5.56. The Hall–Kier alpha value is -2.34. The molecule has 0 radical (unpaired) electrons. The van der Waals surface area contributed by atoms with Crippen molar-refractivity contribution in [1.29, 1.82) is 0 Å². The van der Waals surface area contributed by atoms with Crippen LogP contribution >= 0.6 is 0 Å². The van der Waals surface area contributed by atoms with Gasteiger partial charge in [0.1, 0.15) is 0 Å². The molecule has 0 nitrogen and oxygen atoms in total. The zero-order valence-electron chi connectivity index (χ0n) is 13.1. The SMILES string of the molecule is Cc1ccc(CC(Cc2ccccc2)c2ccccc2)cc1. The van der Waals surface area contributed by atoms with Gasteiger partial charge < -0.3 is 0 Å². The van der Waals surface area contributed by atoms with E-state index < -0.39 is 0 Å². The molecule has 110 valence electrons. The Labute approximate surface area is 133 Å². The van der Waals surface area contributed by atoms with E-state index in [2.05, 4.69) is 91.9 Å². The van der Waals surface area contributed by atoms with Gasteiger partial charge in [-0.2, -0.15) is 0 Å². The smallest absolute Gasteiger partial charge is 0.00810 e. The monoisotopic (exact) mass is 286 g/mol. The zero-order valence-corrected chi connectivity index (χ0v) is 13.1. The van der Waals surface area contributed by atoms with Crippen molar-refractivity contribution in [2.75, 3.05) is 0 Å². The van der Waals surface area contributed by atoms with E-state index >= 15 is 0 Å². The Morgan fingerprint density at radius 1 is 0.591 bits per heavy atom. The second-order valence-electron chi connectivity index (χ2n) is 5.99. The van der Waals surface area contributed by atoms with Gasteiger partial charge in [-0.15, -0.1) is 0 Å². The van der Waals surface area contributed by atoms with Crippen LogP contribution in [0.4, 0.5) is 0 Å². The van der Waals surface area contributed by atoms with Crippen molar-refractivity contribution in [2.45, 2.75) is 25.7 Å². The van der Waals surface area contributed by atoms with E-state index in [1.54, 1.807) is 0 Å². The molecule has 1 atom stereocenters. The minimum Gasteiger partial charge on any atom is -0.0622 e. The van der Waals surface area contributed by atoms with Crippen molar-refractivity contribution in [3.8, 4) is 0 Å². The maximum Gasteiger partial charge on any atom is -0.00810 e. The van der Waals surface area contributed by atoms with Gasteiger partial charge >= 0.3 is 0 Å². The lowest BCUT2D eigenvalue weighted by molar-refractivity contribution is 0.680. The quantitative estimate of drug-likeness (QED) is 0.575. The van der Waals surface area contributed by atoms with Crippen LogP contribution in [0.15, 0.2) is 84.9 Å². The molecular weight excluding hydrogens is 264 g/mol. The molecule has 0 saturated heterocycles. The van der Waals surface area contributed by atoms with Gasteiger partial charge in [0, 0.05) is 0 Å². The Balaban J connectivity index is 1.84. The number of hydrogen-bond donors (Lipinski definition) is 0.